The number of nitrogens with zero attached hydrogens (tertiary/aromatic N) is 1. The molecule has 0 heterocycles. The fourth-order valence-electron chi connectivity index (χ4n) is 4.45. The van der Waals surface area contributed by atoms with E-state index in [1.807, 2.05) is 45.4 Å². The Morgan fingerprint density at radius 3 is 1.90 bits per heavy atom. The SMILES string of the molecule is CCCCCCCCCCCCCCOc1ccc(CC(COP(=O)([O-])OCC[N+](C)(C)C)CC(C)=O)cc1. The predicted octanol–water partition coefficient (Wildman–Crippen LogP) is 7.11. The molecule has 8 heteroatoms. The van der Waals surface area contributed by atoms with Gasteiger partial charge in [0, 0.05) is 6.42 Å². The molecule has 0 radical (unpaired) electrons. The van der Waals surface area contributed by atoms with Crippen LogP contribution in [0.3, 0.4) is 0 Å². The highest BCUT2D eigenvalue weighted by Crippen LogP contribution is 2.39. The molecule has 0 aliphatic carbocycles. The van der Waals surface area contributed by atoms with E-state index in [-0.39, 0.29) is 31.3 Å². The maximum atomic E-state index is 12.1. The van der Waals surface area contributed by atoms with Crippen LogP contribution in [0.2, 0.25) is 0 Å². The molecule has 0 fully saturated rings. The Bertz CT molecular complexity index is 808. The van der Waals surface area contributed by atoms with Crippen LogP contribution in [0.25, 0.3) is 0 Å². The smallest absolute Gasteiger partial charge is 0.268 e. The number of Topliss-reactive ketones (excluding diaryl/α,β-unsaturated/α-hetero) is 1. The van der Waals surface area contributed by atoms with Gasteiger partial charge in [-0.05, 0) is 43.4 Å². The summed E-state index contributed by atoms with van der Waals surface area (Å²) in [6.45, 7) is 5.00. The van der Waals surface area contributed by atoms with Crippen LogP contribution in [-0.2, 0) is 24.8 Å². The zero-order chi connectivity index (χ0) is 29.0. The molecule has 0 aromatic heterocycles. The van der Waals surface area contributed by atoms with Gasteiger partial charge >= 0.3 is 0 Å². The first-order chi connectivity index (χ1) is 18.5. The summed E-state index contributed by atoms with van der Waals surface area (Å²) in [6, 6.07) is 7.82. The topological polar surface area (TPSA) is 84.9 Å². The molecule has 0 aliphatic heterocycles. The lowest BCUT2D eigenvalue weighted by molar-refractivity contribution is -0.870. The molecule has 1 aromatic carbocycles. The van der Waals surface area contributed by atoms with Gasteiger partial charge in [-0.15, -0.1) is 0 Å². The highest BCUT2D eigenvalue weighted by atomic mass is 31.2. The predicted molar refractivity (Wildman–Crippen MR) is 158 cm³/mol. The zero-order valence-electron chi connectivity index (χ0n) is 25.5. The second-order valence-corrected chi connectivity index (χ2v) is 13.4. The van der Waals surface area contributed by atoms with Crippen LogP contribution in [0.15, 0.2) is 24.3 Å². The molecule has 1 aromatic rings. The van der Waals surface area contributed by atoms with E-state index in [0.717, 1.165) is 17.7 Å². The highest BCUT2D eigenvalue weighted by molar-refractivity contribution is 7.45. The van der Waals surface area contributed by atoms with E-state index in [1.165, 1.54) is 77.6 Å². The maximum absolute atomic E-state index is 12.1. The van der Waals surface area contributed by atoms with Gasteiger partial charge in [0.2, 0.25) is 0 Å². The second kappa shape index (κ2) is 20.6. The first-order valence-electron chi connectivity index (χ1n) is 15.1. The van der Waals surface area contributed by atoms with Gasteiger partial charge < -0.3 is 28.0 Å². The van der Waals surface area contributed by atoms with E-state index >= 15 is 0 Å². The normalized spacial score (nSPS) is 14.2. The minimum atomic E-state index is -4.41. The van der Waals surface area contributed by atoms with E-state index in [0.29, 0.717) is 24.1 Å². The number of carbonyl (C=O) groups is 1. The summed E-state index contributed by atoms with van der Waals surface area (Å²) in [7, 11) is 1.46. The number of phosphoric ester groups is 1. The molecule has 2 atom stereocenters. The van der Waals surface area contributed by atoms with Crippen LogP contribution >= 0.6 is 7.82 Å². The fraction of sp³-hybridized carbons (Fsp3) is 0.774. The largest absolute Gasteiger partial charge is 0.756 e. The quantitative estimate of drug-likeness (QED) is 0.0709. The number of ketones is 1. The molecular formula is C31H56NO6P. The van der Waals surface area contributed by atoms with Crippen molar-refractivity contribution >= 4 is 13.6 Å². The van der Waals surface area contributed by atoms with Crippen LogP contribution < -0.4 is 9.63 Å². The Morgan fingerprint density at radius 1 is 0.846 bits per heavy atom. The zero-order valence-corrected chi connectivity index (χ0v) is 26.4. The number of unbranched alkanes of at least 4 members (excludes halogenated alkanes) is 11. The van der Waals surface area contributed by atoms with E-state index < -0.39 is 7.82 Å². The molecule has 39 heavy (non-hydrogen) atoms. The van der Waals surface area contributed by atoms with Crippen molar-refractivity contribution in [2.24, 2.45) is 5.92 Å². The van der Waals surface area contributed by atoms with Crippen molar-refractivity contribution in [2.75, 3.05) is 47.5 Å². The van der Waals surface area contributed by atoms with Gasteiger partial charge in [-0.3, -0.25) is 4.57 Å². The van der Waals surface area contributed by atoms with Gasteiger partial charge in [0.15, 0.2) is 0 Å². The van der Waals surface area contributed by atoms with Crippen LogP contribution in [0.4, 0.5) is 0 Å². The third-order valence-corrected chi connectivity index (χ3v) is 7.73. The number of likely N-dealkylation sites (N-methyl/N-ethyl adjacent to an activating group) is 1. The molecule has 0 aliphatic rings. The number of phosphoric acid groups is 1. The standard InChI is InChI=1S/C31H56NO6P/c1-6-7-8-9-10-11-12-13-14-15-16-17-23-36-31-20-18-29(19-21-31)26-30(25-28(2)33)27-38-39(34,35)37-24-22-32(3,4)5/h18-21,30H,6-17,22-27H2,1-5H3. The molecule has 0 amide bonds. The van der Waals surface area contributed by atoms with Crippen molar-refractivity contribution in [1.82, 2.24) is 0 Å². The van der Waals surface area contributed by atoms with E-state index in [2.05, 4.69) is 6.92 Å². The lowest BCUT2D eigenvalue weighted by Crippen LogP contribution is -2.37. The summed E-state index contributed by atoms with van der Waals surface area (Å²) in [4.78, 5) is 23.9. The van der Waals surface area contributed by atoms with Crippen molar-refractivity contribution in [3.05, 3.63) is 29.8 Å². The van der Waals surface area contributed by atoms with Crippen LogP contribution in [-0.4, -0.2) is 57.8 Å². The third kappa shape index (κ3) is 21.2. The van der Waals surface area contributed by atoms with Gasteiger partial charge in [-0.1, -0.05) is 89.7 Å². The maximum Gasteiger partial charge on any atom is 0.268 e. The van der Waals surface area contributed by atoms with Crippen molar-refractivity contribution in [2.45, 2.75) is 104 Å². The van der Waals surface area contributed by atoms with E-state index in [1.54, 1.807) is 0 Å². The number of carbonyl (C=O) groups excluding carboxylic acids is 1. The van der Waals surface area contributed by atoms with Crippen molar-refractivity contribution < 1.29 is 32.5 Å². The first-order valence-corrected chi connectivity index (χ1v) is 16.6. The number of quaternary nitrogens is 1. The first kappa shape index (κ1) is 35.8. The molecule has 0 saturated carbocycles. The summed E-state index contributed by atoms with van der Waals surface area (Å²) in [5.74, 6) is 0.577. The molecule has 0 spiro atoms. The van der Waals surface area contributed by atoms with Crippen molar-refractivity contribution in [3.63, 3.8) is 0 Å². The average molecular weight is 570 g/mol. The number of hydrogen-bond acceptors (Lipinski definition) is 6. The highest BCUT2D eigenvalue weighted by Gasteiger charge is 2.19. The molecule has 0 bridgehead atoms. The molecule has 1 rings (SSSR count). The summed E-state index contributed by atoms with van der Waals surface area (Å²) in [5, 5.41) is 0. The van der Waals surface area contributed by atoms with Crippen molar-refractivity contribution in [3.8, 4) is 5.75 Å². The van der Waals surface area contributed by atoms with Gasteiger partial charge in [-0.2, -0.15) is 0 Å². The number of benzene rings is 1. The second-order valence-electron chi connectivity index (χ2n) is 11.9. The van der Waals surface area contributed by atoms with Gasteiger partial charge in [0.1, 0.15) is 24.7 Å². The van der Waals surface area contributed by atoms with Crippen molar-refractivity contribution in [1.29, 1.82) is 0 Å². The Labute approximate surface area is 238 Å². The molecule has 0 saturated heterocycles. The molecular weight excluding hydrogens is 513 g/mol. The lowest BCUT2D eigenvalue weighted by atomic mass is 9.95. The Balaban J connectivity index is 2.28. The number of ether oxygens (including phenoxy) is 1. The lowest BCUT2D eigenvalue weighted by Gasteiger charge is -2.28. The van der Waals surface area contributed by atoms with Gasteiger partial charge in [0.05, 0.1) is 34.4 Å². The van der Waals surface area contributed by atoms with Crippen LogP contribution in [0, 0.1) is 5.92 Å². The number of rotatable bonds is 25. The Kier molecular flexibility index (Phi) is 18.9. The summed E-state index contributed by atoms with van der Waals surface area (Å²) >= 11 is 0. The Hall–Kier alpha value is -1.24. The minimum Gasteiger partial charge on any atom is -0.756 e. The molecule has 2 unspecified atom stereocenters. The van der Waals surface area contributed by atoms with E-state index in [9.17, 15) is 14.3 Å². The summed E-state index contributed by atoms with van der Waals surface area (Å²) < 4.78 is 28.7. The fourth-order valence-corrected chi connectivity index (χ4v) is 5.22. The molecule has 0 N–H and O–H groups in total. The Morgan fingerprint density at radius 2 is 1.38 bits per heavy atom. The summed E-state index contributed by atoms with van der Waals surface area (Å²) in [6.07, 6.45) is 16.6. The van der Waals surface area contributed by atoms with Gasteiger partial charge in [-0.25, -0.2) is 0 Å². The average Bonchev–Trinajstić information content (AvgIpc) is 2.85. The van der Waals surface area contributed by atoms with Crippen LogP contribution in [0.5, 0.6) is 5.75 Å². The molecule has 7 nitrogen and oxygen atoms in total. The van der Waals surface area contributed by atoms with E-state index in [4.69, 9.17) is 13.8 Å². The summed E-state index contributed by atoms with van der Waals surface area (Å²) in [5.41, 5.74) is 1.01. The minimum absolute atomic E-state index is 0.00218. The monoisotopic (exact) mass is 569 g/mol. The van der Waals surface area contributed by atoms with Gasteiger partial charge in [0.25, 0.3) is 7.82 Å². The number of hydrogen-bond donors (Lipinski definition) is 0. The third-order valence-electron chi connectivity index (χ3n) is 6.77. The van der Waals surface area contributed by atoms with Crippen LogP contribution in [0.1, 0.15) is 103 Å². The molecule has 226 valence electrons.